The van der Waals surface area contributed by atoms with Crippen LogP contribution in [-0.2, 0) is 68.3 Å². The average molecular weight is 833 g/mol. The van der Waals surface area contributed by atoms with Gasteiger partial charge in [0, 0.05) is 32.3 Å². The Morgan fingerprint density at radius 3 is 2.20 bits per heavy atom. The number of carbonyl (C=O) groups is 6. The lowest BCUT2D eigenvalue weighted by Gasteiger charge is -2.49. The number of hydrogen-bond donors (Lipinski definition) is 3. The molecule has 4 unspecified atom stereocenters. The maximum atomic E-state index is 14.0. The summed E-state index contributed by atoms with van der Waals surface area (Å²) in [5.74, 6) is -11.0. The highest BCUT2D eigenvalue weighted by atomic mass is 16.8. The molecular formula is C43H60O16. The quantitative estimate of drug-likeness (QED) is 0.0485. The third kappa shape index (κ3) is 11.6. The van der Waals surface area contributed by atoms with Crippen LogP contribution < -0.4 is 0 Å². The van der Waals surface area contributed by atoms with Gasteiger partial charge in [-0.25, -0.2) is 19.2 Å². The van der Waals surface area contributed by atoms with E-state index in [0.717, 1.165) is 25.0 Å². The fourth-order valence-corrected chi connectivity index (χ4v) is 7.31. The van der Waals surface area contributed by atoms with E-state index in [4.69, 9.17) is 28.4 Å². The molecule has 0 radical (unpaired) electrons. The molecule has 16 heteroatoms. The van der Waals surface area contributed by atoms with E-state index in [2.05, 4.69) is 11.3 Å². The number of aliphatic hydroxyl groups excluding tert-OH is 1. The van der Waals surface area contributed by atoms with Crippen molar-refractivity contribution in [2.75, 3.05) is 13.4 Å². The minimum atomic E-state index is -3.76. The van der Waals surface area contributed by atoms with Crippen LogP contribution in [0.5, 0.6) is 0 Å². The van der Waals surface area contributed by atoms with Gasteiger partial charge in [0.15, 0.2) is 6.10 Å². The molecular weight excluding hydrogens is 772 g/mol. The highest BCUT2D eigenvalue weighted by molar-refractivity contribution is 5.99. The molecule has 1 aromatic carbocycles. The number of ether oxygens (including phenoxy) is 7. The van der Waals surface area contributed by atoms with Crippen molar-refractivity contribution in [1.82, 2.24) is 0 Å². The SMILES string of the molecule is C=C(CCC12OC(C(=O)OCCC(C)C)C(O)(C(=O)OCOC(C)=O)C(C(=O)O)(O1)[C@H](OC(=O)/C=C/[C@@H](C)C[C@@H](C)CC)[C@H]2O)[C@@H](OC(C)=O)[C@H](C)Cc1ccccc1. The van der Waals surface area contributed by atoms with Gasteiger partial charge < -0.3 is 48.5 Å². The van der Waals surface area contributed by atoms with Crippen molar-refractivity contribution < 1.29 is 77.2 Å². The molecule has 16 nitrogen and oxygen atoms in total. The molecule has 3 N–H and O–H groups in total. The van der Waals surface area contributed by atoms with Crippen LogP contribution in [0.15, 0.2) is 54.6 Å². The fraction of sp³-hybridized carbons (Fsp3) is 0.628. The zero-order chi connectivity index (χ0) is 44.3. The number of hydrogen-bond acceptors (Lipinski definition) is 15. The molecule has 0 amide bonds. The minimum absolute atomic E-state index is 0.0194. The van der Waals surface area contributed by atoms with E-state index in [1.165, 1.54) is 13.0 Å². The Kier molecular flexibility index (Phi) is 17.4. The van der Waals surface area contributed by atoms with Crippen molar-refractivity contribution in [3.63, 3.8) is 0 Å². The molecule has 10 atom stereocenters. The van der Waals surface area contributed by atoms with Crippen molar-refractivity contribution in [2.45, 2.75) is 135 Å². The molecule has 0 spiro atoms. The molecule has 3 rings (SSSR count). The predicted octanol–water partition coefficient (Wildman–Crippen LogP) is 4.37. The summed E-state index contributed by atoms with van der Waals surface area (Å²) in [4.78, 5) is 78.9. The molecule has 2 bridgehead atoms. The second-order valence-electron chi connectivity index (χ2n) is 16.0. The van der Waals surface area contributed by atoms with Crippen LogP contribution in [0.25, 0.3) is 0 Å². The van der Waals surface area contributed by atoms with Crippen LogP contribution in [0, 0.1) is 23.7 Å². The first-order valence-electron chi connectivity index (χ1n) is 19.9. The predicted molar refractivity (Wildman–Crippen MR) is 209 cm³/mol. The van der Waals surface area contributed by atoms with Gasteiger partial charge in [0.1, 0.15) is 12.2 Å². The molecule has 59 heavy (non-hydrogen) atoms. The van der Waals surface area contributed by atoms with Crippen molar-refractivity contribution in [2.24, 2.45) is 23.7 Å². The smallest absolute Gasteiger partial charge is 0.348 e. The summed E-state index contributed by atoms with van der Waals surface area (Å²) >= 11 is 0. The Balaban J connectivity index is 2.17. The summed E-state index contributed by atoms with van der Waals surface area (Å²) < 4.78 is 38.4. The molecule has 328 valence electrons. The number of carboxylic acids is 1. The summed E-state index contributed by atoms with van der Waals surface area (Å²) in [5, 5.41) is 35.6. The molecule has 1 aromatic rings. The van der Waals surface area contributed by atoms with Gasteiger partial charge in [0.25, 0.3) is 0 Å². The molecule has 0 saturated carbocycles. The number of benzene rings is 1. The highest BCUT2D eigenvalue weighted by Gasteiger charge is 2.86. The van der Waals surface area contributed by atoms with E-state index >= 15 is 0 Å². The summed E-state index contributed by atoms with van der Waals surface area (Å²) in [7, 11) is 0. The lowest BCUT2D eigenvalue weighted by atomic mass is 9.74. The lowest BCUT2D eigenvalue weighted by molar-refractivity contribution is -0.375. The van der Waals surface area contributed by atoms with Gasteiger partial charge in [-0.3, -0.25) is 9.59 Å². The first-order chi connectivity index (χ1) is 27.6. The number of carbonyl (C=O) groups excluding carboxylic acids is 5. The number of aliphatic hydroxyl groups is 2. The number of rotatable bonds is 22. The minimum Gasteiger partial charge on any atom is -0.479 e. The molecule has 2 aliphatic rings. The first kappa shape index (κ1) is 48.7. The molecule has 2 aliphatic heterocycles. The second-order valence-corrected chi connectivity index (χ2v) is 16.0. The third-order valence-corrected chi connectivity index (χ3v) is 10.7. The maximum absolute atomic E-state index is 14.0. The Bertz CT molecular complexity index is 1690. The first-order valence-corrected chi connectivity index (χ1v) is 19.9. The zero-order valence-corrected chi connectivity index (χ0v) is 35.2. The van der Waals surface area contributed by atoms with Crippen LogP contribution in [0.4, 0.5) is 0 Å². The van der Waals surface area contributed by atoms with Crippen LogP contribution in [0.3, 0.4) is 0 Å². The Hall–Kier alpha value is -4.64. The second kappa shape index (κ2) is 21.1. The number of esters is 5. The summed E-state index contributed by atoms with van der Waals surface area (Å²) in [6.07, 6.45) is -4.16. The van der Waals surface area contributed by atoms with Crippen LogP contribution >= 0.6 is 0 Å². The van der Waals surface area contributed by atoms with E-state index in [-0.39, 0.29) is 36.4 Å². The molecule has 0 aromatic heterocycles. The largest absolute Gasteiger partial charge is 0.479 e. The summed E-state index contributed by atoms with van der Waals surface area (Å²) in [5.41, 5.74) is -6.06. The standard InChI is InChI=1S/C43H60O16/c1-10-26(4)22-27(5)16-17-33(46)57-36-35(47)41(20-18-28(6)34(56-31(9)45)29(7)23-32-14-12-11-13-15-32)58-37(38(48)53-21-19-25(2)3)42(52,43(36,59-41)39(49)50)40(51)55-24-54-30(8)44/h11-17,25-27,29,34-37,47,52H,6,10,18-24H2,1-5,7-9H3,(H,49,50)/b17-16+/t26-,27+,29+,34+,35+,36+,37?,41?,42?,43?/m0/s1. The molecule has 2 saturated heterocycles. The van der Waals surface area contributed by atoms with Crippen LogP contribution in [-0.4, -0.2) is 106 Å². The van der Waals surface area contributed by atoms with Crippen molar-refractivity contribution in [3.8, 4) is 0 Å². The molecule has 2 heterocycles. The number of carboxylic acid groups (broad SMARTS) is 1. The van der Waals surface area contributed by atoms with Gasteiger partial charge in [0.2, 0.25) is 29.9 Å². The van der Waals surface area contributed by atoms with Crippen molar-refractivity contribution in [3.05, 3.63) is 60.2 Å². The van der Waals surface area contributed by atoms with E-state index in [1.807, 2.05) is 71.9 Å². The van der Waals surface area contributed by atoms with E-state index in [0.29, 0.717) is 25.2 Å². The molecule has 0 aliphatic carbocycles. The van der Waals surface area contributed by atoms with Crippen molar-refractivity contribution >= 4 is 35.8 Å². The van der Waals surface area contributed by atoms with Crippen LogP contribution in [0.2, 0.25) is 0 Å². The third-order valence-electron chi connectivity index (χ3n) is 10.7. The Labute approximate surface area is 345 Å². The van der Waals surface area contributed by atoms with Crippen LogP contribution in [0.1, 0.15) is 93.1 Å². The monoisotopic (exact) mass is 832 g/mol. The normalized spacial score (nSPS) is 26.9. The maximum Gasteiger partial charge on any atom is 0.348 e. The van der Waals surface area contributed by atoms with Gasteiger partial charge in [-0.15, -0.1) is 0 Å². The van der Waals surface area contributed by atoms with E-state index in [1.54, 1.807) is 0 Å². The zero-order valence-electron chi connectivity index (χ0n) is 35.2. The van der Waals surface area contributed by atoms with Gasteiger partial charge in [-0.1, -0.05) is 91.0 Å². The van der Waals surface area contributed by atoms with Gasteiger partial charge >= 0.3 is 35.8 Å². The topological polar surface area (TPSA) is 228 Å². The fourth-order valence-electron chi connectivity index (χ4n) is 7.31. The van der Waals surface area contributed by atoms with Gasteiger partial charge in [-0.05, 0) is 54.6 Å². The van der Waals surface area contributed by atoms with Crippen molar-refractivity contribution in [1.29, 1.82) is 0 Å². The Morgan fingerprint density at radius 2 is 1.63 bits per heavy atom. The van der Waals surface area contributed by atoms with E-state index < -0.39 is 90.4 Å². The van der Waals surface area contributed by atoms with E-state index in [9.17, 15) is 44.1 Å². The summed E-state index contributed by atoms with van der Waals surface area (Å²) in [6, 6.07) is 9.36. The number of fused-ring (bicyclic) bond motifs is 2. The van der Waals surface area contributed by atoms with Gasteiger partial charge in [-0.2, -0.15) is 0 Å². The summed E-state index contributed by atoms with van der Waals surface area (Å²) in [6.45, 7) is 16.3. The lowest BCUT2D eigenvalue weighted by Crippen LogP contribution is -2.78. The highest BCUT2D eigenvalue weighted by Crippen LogP contribution is 2.56. The number of allylic oxidation sites excluding steroid dienone is 1. The Morgan fingerprint density at radius 1 is 0.966 bits per heavy atom. The molecule has 2 fully saturated rings. The average Bonchev–Trinajstić information content (AvgIpc) is 3.38. The van der Waals surface area contributed by atoms with Gasteiger partial charge in [0.05, 0.1) is 6.61 Å². The number of aliphatic carboxylic acids is 1.